The number of imide groups is 2. The number of hydrogen-bond acceptors (Lipinski definition) is 13. The Kier molecular flexibility index (Phi) is 10.8. The number of likely N-dealkylation sites (tertiary alicyclic amines) is 1. The maximum absolute atomic E-state index is 16.1. The molecule has 0 radical (unpaired) electrons. The molecule has 19 heteroatoms. The van der Waals surface area contributed by atoms with E-state index in [-0.39, 0.29) is 70.1 Å². The Morgan fingerprint density at radius 2 is 1.71 bits per heavy atom. The highest BCUT2D eigenvalue weighted by molar-refractivity contribution is 7.92. The number of benzene rings is 2. The number of carbonyl (C=O) groups excluding carboxylic acids is 5. The van der Waals surface area contributed by atoms with Gasteiger partial charge in [0.1, 0.15) is 6.04 Å². The van der Waals surface area contributed by atoms with Gasteiger partial charge in [-0.05, 0) is 87.8 Å². The molecule has 0 unspecified atom stereocenters. The van der Waals surface area contributed by atoms with Gasteiger partial charge >= 0.3 is 0 Å². The van der Waals surface area contributed by atoms with Crippen LogP contribution in [0.4, 0.5) is 21.7 Å². The van der Waals surface area contributed by atoms with E-state index in [1.165, 1.54) is 23.6 Å². The number of carbonyl (C=O) groups is 5. The van der Waals surface area contributed by atoms with Crippen LogP contribution in [0.5, 0.6) is 0 Å². The molecule has 4 fully saturated rings. The third-order valence-electron chi connectivity index (χ3n) is 12.9. The lowest BCUT2D eigenvalue weighted by Crippen LogP contribution is -2.61. The summed E-state index contributed by atoms with van der Waals surface area (Å²) < 4.78 is 43.6. The lowest BCUT2D eigenvalue weighted by Gasteiger charge is -2.54. The van der Waals surface area contributed by atoms with Crippen molar-refractivity contribution in [2.24, 2.45) is 11.3 Å². The van der Waals surface area contributed by atoms with E-state index in [1.54, 1.807) is 43.3 Å². The number of nitrogens with one attached hydrogen (secondary N) is 2. The van der Waals surface area contributed by atoms with Crippen LogP contribution in [0.3, 0.4) is 0 Å². The number of anilines is 3. The molecular formula is C43H46FN9O7S2. The van der Waals surface area contributed by atoms with Gasteiger partial charge in [-0.1, -0.05) is 13.0 Å². The van der Waals surface area contributed by atoms with Crippen molar-refractivity contribution in [1.82, 2.24) is 30.1 Å². The van der Waals surface area contributed by atoms with E-state index >= 15 is 4.39 Å². The first kappa shape index (κ1) is 41.5. The van der Waals surface area contributed by atoms with Crippen LogP contribution in [0.1, 0.15) is 96.4 Å². The Morgan fingerprint density at radius 1 is 0.968 bits per heavy atom. The Hall–Kier alpha value is -5.82. The van der Waals surface area contributed by atoms with Crippen LogP contribution in [0, 0.1) is 17.2 Å². The zero-order chi connectivity index (χ0) is 43.5. The highest BCUT2D eigenvalue weighted by Gasteiger charge is 2.49. The number of amides is 5. The first-order chi connectivity index (χ1) is 29.7. The zero-order valence-corrected chi connectivity index (χ0v) is 35.7. The monoisotopic (exact) mass is 883 g/mol. The number of thiazole rings is 1. The molecule has 62 heavy (non-hydrogen) atoms. The molecule has 1 aliphatic carbocycles. The Balaban J connectivity index is 0.819. The number of sulfonamides is 1. The number of piperidine rings is 2. The number of aromatic nitrogens is 3. The molecule has 4 aromatic rings. The number of halogens is 1. The van der Waals surface area contributed by atoms with E-state index in [0.29, 0.717) is 61.7 Å². The first-order valence-corrected chi connectivity index (χ1v) is 23.5. The summed E-state index contributed by atoms with van der Waals surface area (Å²) in [5.74, 6) is -2.81. The summed E-state index contributed by atoms with van der Waals surface area (Å²) >= 11 is 1.43. The van der Waals surface area contributed by atoms with Crippen LogP contribution in [0.25, 0.3) is 21.8 Å². The smallest absolute Gasteiger partial charge is 0.262 e. The topological polar surface area (TPSA) is 218 Å². The zero-order valence-electron chi connectivity index (χ0n) is 34.1. The predicted molar refractivity (Wildman–Crippen MR) is 229 cm³/mol. The SMILES string of the molecule is CCCS(=O)(=O)Nc1cccc(-c2nc(C3CCC4(CC3)CN(C(=O)C3CCN(c5ccc6c(c5)C(=O)N([C@@H]5CCC(=O)NC5=O)C6=O)CC3)C4)sc2-c2ccnc(N)n2)c1F. The van der Waals surface area contributed by atoms with Crippen LogP contribution in [0.15, 0.2) is 48.7 Å². The fourth-order valence-electron chi connectivity index (χ4n) is 9.66. The molecule has 2 aromatic heterocycles. The fourth-order valence-corrected chi connectivity index (χ4v) is 12.0. The van der Waals surface area contributed by atoms with Gasteiger partial charge < -0.3 is 15.5 Å². The summed E-state index contributed by atoms with van der Waals surface area (Å²) in [6, 6.07) is 10.3. The predicted octanol–water partition coefficient (Wildman–Crippen LogP) is 4.94. The average Bonchev–Trinajstić information content (AvgIpc) is 3.79. The second-order valence-corrected chi connectivity index (χ2v) is 19.9. The molecule has 3 saturated heterocycles. The summed E-state index contributed by atoms with van der Waals surface area (Å²) in [6.07, 6.45) is 6.88. The Morgan fingerprint density at radius 3 is 2.42 bits per heavy atom. The molecule has 4 N–H and O–H groups in total. The third kappa shape index (κ3) is 7.69. The summed E-state index contributed by atoms with van der Waals surface area (Å²) in [5, 5.41) is 3.06. The number of nitrogens with zero attached hydrogens (tertiary/aromatic N) is 6. The molecule has 1 atom stereocenters. The van der Waals surface area contributed by atoms with E-state index in [9.17, 15) is 32.4 Å². The Labute approximate surface area is 361 Å². The molecule has 16 nitrogen and oxygen atoms in total. The van der Waals surface area contributed by atoms with Crippen molar-refractivity contribution in [3.63, 3.8) is 0 Å². The second kappa shape index (κ2) is 16.1. The van der Waals surface area contributed by atoms with Crippen LogP contribution in [0.2, 0.25) is 0 Å². The first-order valence-electron chi connectivity index (χ1n) is 21.0. The molecule has 5 aliphatic rings. The molecule has 4 aliphatic heterocycles. The number of rotatable bonds is 10. The van der Waals surface area contributed by atoms with Crippen LogP contribution >= 0.6 is 11.3 Å². The molecule has 6 heterocycles. The molecule has 2 aromatic carbocycles. The van der Waals surface area contributed by atoms with Crippen molar-refractivity contribution in [2.45, 2.75) is 76.7 Å². The van der Waals surface area contributed by atoms with Crippen molar-refractivity contribution in [3.05, 3.63) is 70.6 Å². The van der Waals surface area contributed by atoms with Crippen LogP contribution in [-0.4, -0.2) is 101 Å². The summed E-state index contributed by atoms with van der Waals surface area (Å²) in [7, 11) is -3.74. The highest BCUT2D eigenvalue weighted by Crippen LogP contribution is 2.51. The maximum atomic E-state index is 16.1. The Bertz CT molecular complexity index is 2610. The van der Waals surface area contributed by atoms with Crippen LogP contribution in [-0.2, 0) is 24.4 Å². The van der Waals surface area contributed by atoms with Crippen molar-refractivity contribution < 1.29 is 36.8 Å². The van der Waals surface area contributed by atoms with Gasteiger partial charge in [0.25, 0.3) is 11.8 Å². The quantitative estimate of drug-likeness (QED) is 0.181. The van der Waals surface area contributed by atoms with E-state index in [1.807, 2.05) is 4.90 Å². The largest absolute Gasteiger partial charge is 0.371 e. The van der Waals surface area contributed by atoms with Crippen LogP contribution < -0.4 is 20.7 Å². The fraction of sp³-hybridized carbons (Fsp3) is 0.442. The minimum absolute atomic E-state index is 0.0308. The van der Waals surface area contributed by atoms with E-state index in [0.717, 1.165) is 41.3 Å². The standard InChI is InChI=1S/C43H46FN9O7S2/c1-2-20-62(59,60)50-30-5-3-4-28(34(30)44)35-36(31-12-17-46-42(45)47-31)61-38(49-35)24-10-15-43(16-11-24)22-52(23-43)39(56)25-13-18-51(19-14-25)26-6-7-27-29(21-26)41(58)53(40(27)57)32-8-9-33(54)48-37(32)55/h3-7,12,17,21,24-25,32,50H,2,8-11,13-16,18-20,22-23H2,1H3,(H2,45,46,47)(H,48,54,55)/t32-/m1/s1. The lowest BCUT2D eigenvalue weighted by molar-refractivity contribution is -0.151. The molecular weight excluding hydrogens is 838 g/mol. The second-order valence-electron chi connectivity index (χ2n) is 17.0. The van der Waals surface area contributed by atoms with Gasteiger partial charge in [-0.15, -0.1) is 11.3 Å². The molecule has 0 bridgehead atoms. The molecule has 9 rings (SSSR count). The van der Waals surface area contributed by atoms with Gasteiger partial charge in [-0.25, -0.2) is 27.8 Å². The minimum atomic E-state index is -3.74. The van der Waals surface area contributed by atoms with Crippen molar-refractivity contribution >= 4 is 68.2 Å². The van der Waals surface area contributed by atoms with Gasteiger partial charge in [0.2, 0.25) is 33.7 Å². The molecule has 5 amide bonds. The van der Waals surface area contributed by atoms with E-state index in [2.05, 4.69) is 24.9 Å². The highest BCUT2D eigenvalue weighted by atomic mass is 32.2. The van der Waals surface area contributed by atoms with Gasteiger partial charge in [0.05, 0.1) is 43.8 Å². The normalized spacial score (nSPS) is 20.7. The van der Waals surface area contributed by atoms with E-state index in [4.69, 9.17) is 10.7 Å². The maximum Gasteiger partial charge on any atom is 0.262 e. The number of fused-ring (bicyclic) bond motifs is 1. The van der Waals surface area contributed by atoms with Gasteiger partial charge in [0.15, 0.2) is 5.82 Å². The lowest BCUT2D eigenvalue weighted by atomic mass is 9.65. The average molecular weight is 884 g/mol. The minimum Gasteiger partial charge on any atom is -0.371 e. The van der Waals surface area contributed by atoms with Gasteiger partial charge in [-0.2, -0.15) is 0 Å². The van der Waals surface area contributed by atoms with Crippen molar-refractivity contribution in [3.8, 4) is 21.8 Å². The number of hydrogen-bond donors (Lipinski definition) is 3. The molecule has 1 saturated carbocycles. The van der Waals surface area contributed by atoms with Crippen molar-refractivity contribution in [1.29, 1.82) is 0 Å². The van der Waals surface area contributed by atoms with Gasteiger partial charge in [-0.3, -0.25) is 38.9 Å². The number of nitrogen functional groups attached to an aromatic ring is 1. The molecule has 1 spiro atoms. The summed E-state index contributed by atoms with van der Waals surface area (Å²) in [4.78, 5) is 83.5. The van der Waals surface area contributed by atoms with E-state index < -0.39 is 45.5 Å². The summed E-state index contributed by atoms with van der Waals surface area (Å²) in [6.45, 7) is 4.35. The van der Waals surface area contributed by atoms with Crippen molar-refractivity contribution in [2.75, 3.05) is 47.3 Å². The number of nitrogens with two attached hydrogens (primary N) is 1. The third-order valence-corrected chi connectivity index (χ3v) is 15.7. The summed E-state index contributed by atoms with van der Waals surface area (Å²) in [5.41, 5.74) is 8.08. The van der Waals surface area contributed by atoms with Gasteiger partial charge in [0, 0.05) is 67.3 Å². The molecule has 324 valence electrons.